The Morgan fingerprint density at radius 3 is 2.61 bits per heavy atom. The third-order valence-corrected chi connectivity index (χ3v) is 3.51. The van der Waals surface area contributed by atoms with Gasteiger partial charge in [-0.15, -0.1) is 0 Å². The summed E-state index contributed by atoms with van der Waals surface area (Å²) in [4.78, 5) is 7.91. The molecule has 2 rings (SSSR count). The molecule has 2 heterocycles. The molecule has 0 saturated heterocycles. The summed E-state index contributed by atoms with van der Waals surface area (Å²) in [6, 6.07) is 3.18. The number of aryl methyl sites for hydroxylation is 1. The van der Waals surface area contributed by atoms with Gasteiger partial charge in [-0.3, -0.25) is 0 Å². The molecule has 6 nitrogen and oxygen atoms in total. The van der Waals surface area contributed by atoms with Crippen LogP contribution in [-0.2, 0) is 23.4 Å². The second kappa shape index (κ2) is 4.77. The van der Waals surface area contributed by atoms with E-state index in [0.29, 0.717) is 6.54 Å². The van der Waals surface area contributed by atoms with Crippen LogP contribution in [-0.4, -0.2) is 29.2 Å². The van der Waals surface area contributed by atoms with Crippen molar-refractivity contribution in [2.45, 2.75) is 11.6 Å². The minimum absolute atomic E-state index is 0.0774. The molecule has 0 atom stereocenters. The number of rotatable bonds is 4. The molecule has 1 N–H and O–H groups in total. The van der Waals surface area contributed by atoms with Crippen LogP contribution in [0, 0.1) is 0 Å². The van der Waals surface area contributed by atoms with Gasteiger partial charge in [-0.25, -0.2) is 18.4 Å². The Morgan fingerprint density at radius 1 is 1.33 bits per heavy atom. The number of anilines is 1. The molecule has 0 aliphatic heterocycles. The number of nitrogens with one attached hydrogen (secondary N) is 1. The second-order valence-electron chi connectivity index (χ2n) is 4.01. The second-order valence-corrected chi connectivity index (χ2v) is 5.97. The van der Waals surface area contributed by atoms with Crippen molar-refractivity contribution >= 4 is 15.5 Å². The van der Waals surface area contributed by atoms with Gasteiger partial charge in [0, 0.05) is 19.5 Å². The summed E-state index contributed by atoms with van der Waals surface area (Å²) in [7, 11) is -1.33. The Balaban J connectivity index is 2.05. The molecule has 0 aliphatic rings. The van der Waals surface area contributed by atoms with Crippen molar-refractivity contribution in [3.05, 3.63) is 36.5 Å². The minimum Gasteiger partial charge on any atom is -0.378 e. The van der Waals surface area contributed by atoms with E-state index < -0.39 is 9.84 Å². The first-order valence-electron chi connectivity index (χ1n) is 5.32. The third-order valence-electron chi connectivity index (χ3n) is 2.51. The predicted octanol–water partition coefficient (Wildman–Crippen LogP) is 0.831. The van der Waals surface area contributed by atoms with Crippen molar-refractivity contribution in [3.63, 3.8) is 0 Å². The van der Waals surface area contributed by atoms with Crippen LogP contribution in [0.1, 0.15) is 5.69 Å². The molecule has 0 spiro atoms. The van der Waals surface area contributed by atoms with Gasteiger partial charge in [-0.05, 0) is 12.1 Å². The summed E-state index contributed by atoms with van der Waals surface area (Å²) in [5, 5.41) is 3.23. The summed E-state index contributed by atoms with van der Waals surface area (Å²) in [5.41, 5.74) is 1.80. The van der Waals surface area contributed by atoms with Crippen LogP contribution in [0.3, 0.4) is 0 Å². The molecule has 0 aromatic carbocycles. The van der Waals surface area contributed by atoms with Crippen molar-refractivity contribution < 1.29 is 8.42 Å². The lowest BCUT2D eigenvalue weighted by atomic mass is 10.4. The maximum absolute atomic E-state index is 11.2. The predicted molar refractivity (Wildman–Crippen MR) is 67.9 cm³/mol. The molecule has 7 heteroatoms. The van der Waals surface area contributed by atoms with Gasteiger partial charge in [0.1, 0.15) is 0 Å². The van der Waals surface area contributed by atoms with E-state index in [2.05, 4.69) is 15.3 Å². The lowest BCUT2D eigenvalue weighted by Crippen LogP contribution is -2.05. The fourth-order valence-electron chi connectivity index (χ4n) is 1.45. The zero-order valence-corrected chi connectivity index (χ0v) is 11.0. The van der Waals surface area contributed by atoms with Gasteiger partial charge in [0.05, 0.1) is 30.5 Å². The standard InChI is InChI=1S/C11H14N4O2S/c1-15-8-12-6-10(15)7-13-9-3-4-11(14-5-9)18(2,16)17/h3-6,8,13H,7H2,1-2H3. The Labute approximate surface area is 106 Å². The molecule has 96 valence electrons. The van der Waals surface area contributed by atoms with Gasteiger partial charge in [-0.2, -0.15) is 0 Å². The van der Waals surface area contributed by atoms with Crippen molar-refractivity contribution in [1.82, 2.24) is 14.5 Å². The molecule has 0 bridgehead atoms. The molecular formula is C11H14N4O2S. The molecule has 0 unspecified atom stereocenters. The summed E-state index contributed by atoms with van der Waals surface area (Å²) >= 11 is 0. The molecule has 0 saturated carbocycles. The average molecular weight is 266 g/mol. The van der Waals surface area contributed by atoms with E-state index in [1.807, 2.05) is 11.6 Å². The van der Waals surface area contributed by atoms with E-state index >= 15 is 0 Å². The number of sulfone groups is 1. The summed E-state index contributed by atoms with van der Waals surface area (Å²) in [6.07, 6.45) is 6.14. The van der Waals surface area contributed by atoms with Crippen LogP contribution < -0.4 is 5.32 Å². The third kappa shape index (κ3) is 2.86. The normalized spacial score (nSPS) is 11.4. The first-order chi connectivity index (χ1) is 8.47. The van der Waals surface area contributed by atoms with Crippen molar-refractivity contribution in [1.29, 1.82) is 0 Å². The highest BCUT2D eigenvalue weighted by atomic mass is 32.2. The fraction of sp³-hybridized carbons (Fsp3) is 0.273. The van der Waals surface area contributed by atoms with Crippen LogP contribution in [0.4, 0.5) is 5.69 Å². The van der Waals surface area contributed by atoms with Gasteiger partial charge >= 0.3 is 0 Å². The smallest absolute Gasteiger partial charge is 0.192 e. The van der Waals surface area contributed by atoms with E-state index in [9.17, 15) is 8.42 Å². The maximum Gasteiger partial charge on any atom is 0.192 e. The summed E-state index contributed by atoms with van der Waals surface area (Å²) in [6.45, 7) is 0.608. The van der Waals surface area contributed by atoms with E-state index in [-0.39, 0.29) is 5.03 Å². The lowest BCUT2D eigenvalue weighted by Gasteiger charge is -2.06. The molecular weight excluding hydrogens is 252 g/mol. The van der Waals surface area contributed by atoms with E-state index in [4.69, 9.17) is 0 Å². The van der Waals surface area contributed by atoms with Gasteiger partial charge in [0.15, 0.2) is 14.9 Å². The highest BCUT2D eigenvalue weighted by Crippen LogP contribution is 2.11. The van der Waals surface area contributed by atoms with Crippen molar-refractivity contribution in [3.8, 4) is 0 Å². The minimum atomic E-state index is -3.24. The van der Waals surface area contributed by atoms with Crippen LogP contribution >= 0.6 is 0 Å². The number of hydrogen-bond donors (Lipinski definition) is 1. The Bertz CT molecular complexity index is 631. The Morgan fingerprint density at radius 2 is 2.11 bits per heavy atom. The van der Waals surface area contributed by atoms with Crippen molar-refractivity contribution in [2.24, 2.45) is 7.05 Å². The van der Waals surface area contributed by atoms with Gasteiger partial charge in [-0.1, -0.05) is 0 Å². The molecule has 2 aromatic rings. The van der Waals surface area contributed by atoms with Gasteiger partial charge in [0.2, 0.25) is 0 Å². The molecule has 18 heavy (non-hydrogen) atoms. The monoisotopic (exact) mass is 266 g/mol. The summed E-state index contributed by atoms with van der Waals surface area (Å²) in [5.74, 6) is 0. The number of hydrogen-bond acceptors (Lipinski definition) is 5. The van der Waals surface area contributed by atoms with Gasteiger partial charge in [0.25, 0.3) is 0 Å². The Kier molecular flexibility index (Phi) is 3.33. The first kappa shape index (κ1) is 12.6. The van der Waals surface area contributed by atoms with E-state index in [1.54, 1.807) is 18.6 Å². The zero-order valence-electron chi connectivity index (χ0n) is 10.2. The lowest BCUT2D eigenvalue weighted by molar-refractivity contribution is 0.598. The number of imidazole rings is 1. The van der Waals surface area contributed by atoms with Crippen LogP contribution in [0.15, 0.2) is 35.9 Å². The highest BCUT2D eigenvalue weighted by molar-refractivity contribution is 7.90. The molecule has 0 aliphatic carbocycles. The summed E-state index contributed by atoms with van der Waals surface area (Å²) < 4.78 is 24.4. The first-order valence-corrected chi connectivity index (χ1v) is 7.21. The number of pyridine rings is 1. The molecule has 2 aromatic heterocycles. The van der Waals surface area contributed by atoms with Crippen molar-refractivity contribution in [2.75, 3.05) is 11.6 Å². The highest BCUT2D eigenvalue weighted by Gasteiger charge is 2.07. The number of aromatic nitrogens is 3. The van der Waals surface area contributed by atoms with E-state index in [0.717, 1.165) is 17.6 Å². The molecule has 0 fully saturated rings. The van der Waals surface area contributed by atoms with Gasteiger partial charge < -0.3 is 9.88 Å². The topological polar surface area (TPSA) is 76.9 Å². The van der Waals surface area contributed by atoms with Crippen LogP contribution in [0.25, 0.3) is 0 Å². The van der Waals surface area contributed by atoms with Crippen LogP contribution in [0.2, 0.25) is 0 Å². The average Bonchev–Trinajstić information content (AvgIpc) is 2.72. The number of nitrogens with zero attached hydrogens (tertiary/aromatic N) is 3. The van der Waals surface area contributed by atoms with E-state index in [1.165, 1.54) is 12.3 Å². The quantitative estimate of drug-likeness (QED) is 0.887. The maximum atomic E-state index is 11.2. The molecule has 0 radical (unpaired) electrons. The van der Waals surface area contributed by atoms with Crippen LogP contribution in [0.5, 0.6) is 0 Å². The Hall–Kier alpha value is -1.89. The SMILES string of the molecule is Cn1cncc1CNc1ccc(S(C)(=O)=O)nc1. The molecule has 0 amide bonds. The zero-order chi connectivity index (χ0) is 13.2. The fourth-order valence-corrected chi connectivity index (χ4v) is 2.01. The largest absolute Gasteiger partial charge is 0.378 e.